The number of anilines is 1. The summed E-state index contributed by atoms with van der Waals surface area (Å²) in [4.78, 5) is 29.3. The van der Waals surface area contributed by atoms with Gasteiger partial charge in [-0.1, -0.05) is 30.3 Å². The third-order valence-corrected chi connectivity index (χ3v) is 7.22. The quantitative estimate of drug-likeness (QED) is 0.667. The number of ether oxygens (including phenoxy) is 1. The molecule has 5 heterocycles. The van der Waals surface area contributed by atoms with E-state index in [2.05, 4.69) is 10.2 Å². The maximum Gasteiger partial charge on any atom is 0.287 e. The molecule has 7 nitrogen and oxygen atoms in total. The second kappa shape index (κ2) is 8.32. The van der Waals surface area contributed by atoms with E-state index in [0.717, 1.165) is 54.7 Å². The molecule has 0 unspecified atom stereocenters. The average molecular weight is 446 g/mol. The molecule has 2 bridgehead atoms. The molecule has 2 aromatic carbocycles. The van der Waals surface area contributed by atoms with Gasteiger partial charge in [-0.15, -0.1) is 0 Å². The first-order valence-electron chi connectivity index (χ1n) is 11.7. The lowest BCUT2D eigenvalue weighted by Crippen LogP contribution is -2.57. The van der Waals surface area contributed by atoms with Crippen molar-refractivity contribution in [2.75, 3.05) is 44.3 Å². The number of rotatable bonds is 4. The molecular weight excluding hydrogens is 418 g/mol. The fraction of sp³-hybridized carbons (Fsp3) is 0.385. The Kier molecular flexibility index (Phi) is 5.15. The van der Waals surface area contributed by atoms with E-state index >= 15 is 0 Å². The Hall–Kier alpha value is -3.16. The van der Waals surface area contributed by atoms with E-state index in [0.29, 0.717) is 30.4 Å². The standard InChI is InChI=1S/C26H27N3O4/c30-24-16-32-13-12-29(24)20-6-4-17(5-7-20)21-3-1-2-19-14-23(33-25(19)21)26(31)27-22-15-28-10-8-18(22)9-11-28/h1-7,14,18,22H,8-13,15-16H2,(H,27,31)/t22-/m0/s1. The van der Waals surface area contributed by atoms with Crippen LogP contribution in [0.2, 0.25) is 0 Å². The highest BCUT2D eigenvalue weighted by atomic mass is 16.5. The number of morpholine rings is 1. The number of benzene rings is 2. The Balaban J connectivity index is 1.24. The summed E-state index contributed by atoms with van der Waals surface area (Å²) in [6.45, 7) is 4.44. The van der Waals surface area contributed by atoms with Gasteiger partial charge in [-0.25, -0.2) is 0 Å². The average Bonchev–Trinajstić information content (AvgIpc) is 3.30. The lowest BCUT2D eigenvalue weighted by Gasteiger charge is -2.44. The summed E-state index contributed by atoms with van der Waals surface area (Å²) >= 11 is 0. The van der Waals surface area contributed by atoms with Crippen molar-refractivity contribution in [2.45, 2.75) is 18.9 Å². The van der Waals surface area contributed by atoms with Crippen LogP contribution in [-0.4, -0.2) is 62.1 Å². The third-order valence-electron chi connectivity index (χ3n) is 7.22. The number of para-hydroxylation sites is 1. The molecule has 0 aliphatic carbocycles. The van der Waals surface area contributed by atoms with Gasteiger partial charge in [-0.2, -0.15) is 0 Å². The van der Waals surface area contributed by atoms with Crippen molar-refractivity contribution in [1.82, 2.24) is 10.2 Å². The first-order chi connectivity index (χ1) is 16.2. The number of furan rings is 1. The summed E-state index contributed by atoms with van der Waals surface area (Å²) in [5.41, 5.74) is 3.46. The van der Waals surface area contributed by atoms with Crippen molar-refractivity contribution in [2.24, 2.45) is 5.92 Å². The van der Waals surface area contributed by atoms with Gasteiger partial charge in [0, 0.05) is 35.8 Å². The zero-order valence-corrected chi connectivity index (χ0v) is 18.5. The van der Waals surface area contributed by atoms with Crippen molar-refractivity contribution in [1.29, 1.82) is 0 Å². The molecule has 4 aliphatic heterocycles. The molecule has 1 aromatic heterocycles. The van der Waals surface area contributed by atoms with Crippen molar-refractivity contribution < 1.29 is 18.7 Å². The van der Waals surface area contributed by atoms with Crippen molar-refractivity contribution in [3.05, 3.63) is 54.3 Å². The minimum Gasteiger partial charge on any atom is -0.450 e. The highest BCUT2D eigenvalue weighted by Crippen LogP contribution is 2.33. The number of hydrogen-bond donors (Lipinski definition) is 1. The van der Waals surface area contributed by atoms with Crippen LogP contribution in [0.4, 0.5) is 5.69 Å². The molecule has 4 aliphatic rings. The van der Waals surface area contributed by atoms with E-state index in [1.165, 1.54) is 0 Å². The molecule has 0 spiro atoms. The van der Waals surface area contributed by atoms with Gasteiger partial charge in [-0.3, -0.25) is 9.59 Å². The number of fused-ring (bicyclic) bond motifs is 4. The van der Waals surface area contributed by atoms with E-state index in [9.17, 15) is 9.59 Å². The Morgan fingerprint density at radius 1 is 1.03 bits per heavy atom. The largest absolute Gasteiger partial charge is 0.450 e. The first kappa shape index (κ1) is 20.4. The molecule has 1 N–H and O–H groups in total. The summed E-state index contributed by atoms with van der Waals surface area (Å²) in [5.74, 6) is 0.748. The van der Waals surface area contributed by atoms with E-state index in [1.807, 2.05) is 48.5 Å². The number of carbonyl (C=O) groups excluding carboxylic acids is 2. The lowest BCUT2D eigenvalue weighted by atomic mass is 9.84. The zero-order valence-electron chi connectivity index (χ0n) is 18.5. The number of nitrogens with zero attached hydrogens (tertiary/aromatic N) is 2. The number of hydrogen-bond acceptors (Lipinski definition) is 5. The normalized spacial score (nSPS) is 24.9. The van der Waals surface area contributed by atoms with E-state index in [-0.39, 0.29) is 24.5 Å². The Morgan fingerprint density at radius 3 is 2.58 bits per heavy atom. The number of piperidine rings is 3. The second-order valence-corrected chi connectivity index (χ2v) is 9.20. The topological polar surface area (TPSA) is 75.0 Å². The molecular formula is C26H27N3O4. The fourth-order valence-electron chi connectivity index (χ4n) is 5.38. The van der Waals surface area contributed by atoms with Gasteiger partial charge >= 0.3 is 0 Å². The predicted molar refractivity (Wildman–Crippen MR) is 125 cm³/mol. The Bertz CT molecular complexity index is 1190. The predicted octanol–water partition coefficient (Wildman–Crippen LogP) is 3.29. The van der Waals surface area contributed by atoms with Crippen LogP contribution in [0.3, 0.4) is 0 Å². The first-order valence-corrected chi connectivity index (χ1v) is 11.7. The third kappa shape index (κ3) is 3.81. The SMILES string of the molecule is O=C(N[C@H]1CN2CCC1CC2)c1cc2cccc(-c3ccc(N4CCOCC4=O)cc3)c2o1. The number of amides is 2. The molecule has 2 amide bonds. The molecule has 3 aromatic rings. The molecule has 4 fully saturated rings. The van der Waals surface area contributed by atoms with Crippen LogP contribution < -0.4 is 10.2 Å². The minimum absolute atomic E-state index is 0.0271. The molecule has 4 saturated heterocycles. The number of carbonyl (C=O) groups is 2. The van der Waals surface area contributed by atoms with E-state index in [4.69, 9.17) is 9.15 Å². The van der Waals surface area contributed by atoms with Gasteiger partial charge in [0.2, 0.25) is 0 Å². The molecule has 0 saturated carbocycles. The maximum atomic E-state index is 13.0. The van der Waals surface area contributed by atoms with Crippen LogP contribution in [0.15, 0.2) is 52.9 Å². The van der Waals surface area contributed by atoms with Crippen LogP contribution in [0.5, 0.6) is 0 Å². The smallest absolute Gasteiger partial charge is 0.287 e. The molecule has 33 heavy (non-hydrogen) atoms. The summed E-state index contributed by atoms with van der Waals surface area (Å²) in [5, 5.41) is 4.11. The molecule has 170 valence electrons. The van der Waals surface area contributed by atoms with Crippen LogP contribution in [-0.2, 0) is 9.53 Å². The fourth-order valence-corrected chi connectivity index (χ4v) is 5.38. The highest BCUT2D eigenvalue weighted by molar-refractivity contribution is 6.00. The molecule has 0 radical (unpaired) electrons. The number of nitrogens with one attached hydrogen (secondary N) is 1. The van der Waals surface area contributed by atoms with Crippen LogP contribution in [0.1, 0.15) is 23.4 Å². The Morgan fingerprint density at radius 2 is 1.85 bits per heavy atom. The minimum atomic E-state index is -0.142. The van der Waals surface area contributed by atoms with Gasteiger partial charge in [-0.05, 0) is 55.6 Å². The summed E-state index contributed by atoms with van der Waals surface area (Å²) in [6, 6.07) is 15.8. The Labute approximate surface area is 192 Å². The van der Waals surface area contributed by atoms with Crippen LogP contribution in [0, 0.1) is 5.92 Å². The van der Waals surface area contributed by atoms with Crippen LogP contribution in [0.25, 0.3) is 22.1 Å². The van der Waals surface area contributed by atoms with Gasteiger partial charge in [0.1, 0.15) is 12.2 Å². The monoisotopic (exact) mass is 445 g/mol. The van der Waals surface area contributed by atoms with Crippen molar-refractivity contribution in [3.63, 3.8) is 0 Å². The van der Waals surface area contributed by atoms with E-state index in [1.54, 1.807) is 4.90 Å². The summed E-state index contributed by atoms with van der Waals surface area (Å²) < 4.78 is 11.3. The second-order valence-electron chi connectivity index (χ2n) is 9.20. The van der Waals surface area contributed by atoms with Crippen molar-refractivity contribution >= 4 is 28.5 Å². The zero-order chi connectivity index (χ0) is 22.4. The lowest BCUT2D eigenvalue weighted by molar-refractivity contribution is -0.125. The summed E-state index contributed by atoms with van der Waals surface area (Å²) in [6.07, 6.45) is 2.31. The maximum absolute atomic E-state index is 13.0. The highest BCUT2D eigenvalue weighted by Gasteiger charge is 2.35. The molecule has 7 heteroatoms. The van der Waals surface area contributed by atoms with Crippen LogP contribution >= 0.6 is 0 Å². The summed E-state index contributed by atoms with van der Waals surface area (Å²) in [7, 11) is 0. The molecule has 7 rings (SSSR count). The van der Waals surface area contributed by atoms with Gasteiger partial charge < -0.3 is 24.3 Å². The van der Waals surface area contributed by atoms with Gasteiger partial charge in [0.25, 0.3) is 11.8 Å². The van der Waals surface area contributed by atoms with E-state index < -0.39 is 0 Å². The molecule has 1 atom stereocenters. The van der Waals surface area contributed by atoms with Gasteiger partial charge in [0.05, 0.1) is 6.61 Å². The van der Waals surface area contributed by atoms with Gasteiger partial charge in [0.15, 0.2) is 5.76 Å². The van der Waals surface area contributed by atoms with Crippen molar-refractivity contribution in [3.8, 4) is 11.1 Å².